The molecule has 1 aromatic heterocycles. The Morgan fingerprint density at radius 3 is 3.00 bits per heavy atom. The molecule has 1 saturated heterocycles. The molecule has 0 saturated carbocycles. The third-order valence-electron chi connectivity index (χ3n) is 4.47. The van der Waals surface area contributed by atoms with Gasteiger partial charge in [-0.05, 0) is 43.0 Å². The van der Waals surface area contributed by atoms with Crippen LogP contribution in [0.1, 0.15) is 24.8 Å². The van der Waals surface area contributed by atoms with Crippen LogP contribution < -0.4 is 10.2 Å². The minimum Gasteiger partial charge on any atom is -0.367 e. The number of hydrogen-bond acceptors (Lipinski definition) is 3. The van der Waals surface area contributed by atoms with Gasteiger partial charge in [-0.25, -0.2) is 8.78 Å². The van der Waals surface area contributed by atoms with E-state index in [4.69, 9.17) is 0 Å². The van der Waals surface area contributed by atoms with Gasteiger partial charge in [0.05, 0.1) is 11.9 Å². The molecule has 0 aliphatic carbocycles. The van der Waals surface area contributed by atoms with Crippen LogP contribution in [-0.4, -0.2) is 34.8 Å². The van der Waals surface area contributed by atoms with Gasteiger partial charge in [-0.3, -0.25) is 9.48 Å². The molecule has 0 unspecified atom stereocenters. The molecule has 1 aliphatic rings. The van der Waals surface area contributed by atoms with Crippen molar-refractivity contribution in [2.75, 3.05) is 18.0 Å². The van der Waals surface area contributed by atoms with Crippen molar-refractivity contribution >= 4 is 11.6 Å². The largest absolute Gasteiger partial charge is 0.367 e. The molecule has 3 rings (SSSR count). The Morgan fingerprint density at radius 2 is 2.24 bits per heavy atom. The fourth-order valence-electron chi connectivity index (χ4n) is 3.18. The summed E-state index contributed by atoms with van der Waals surface area (Å²) < 4.78 is 28.5. The van der Waals surface area contributed by atoms with Gasteiger partial charge in [-0.1, -0.05) is 0 Å². The number of aryl methyl sites for hydroxylation is 2. The molecule has 7 heteroatoms. The number of carbonyl (C=O) groups excluding carboxylic acids is 1. The number of nitrogens with one attached hydrogen (secondary N) is 1. The average molecular weight is 348 g/mol. The van der Waals surface area contributed by atoms with Crippen molar-refractivity contribution in [3.05, 3.63) is 47.8 Å². The van der Waals surface area contributed by atoms with Crippen molar-refractivity contribution in [1.29, 1.82) is 0 Å². The molecular weight excluding hydrogens is 326 g/mol. The van der Waals surface area contributed by atoms with Gasteiger partial charge in [-0.2, -0.15) is 5.10 Å². The monoisotopic (exact) mass is 348 g/mol. The number of anilines is 1. The van der Waals surface area contributed by atoms with Gasteiger partial charge < -0.3 is 10.2 Å². The van der Waals surface area contributed by atoms with E-state index in [9.17, 15) is 13.6 Å². The van der Waals surface area contributed by atoms with Crippen LogP contribution in [0.4, 0.5) is 14.5 Å². The molecule has 1 fully saturated rings. The quantitative estimate of drug-likeness (QED) is 0.903. The number of amides is 1. The first kappa shape index (κ1) is 17.4. The molecule has 1 amide bonds. The standard InChI is InChI=1S/C18H22F2N4O/c1-23-12-16(10-21-23)24-8-2-3-15(11-24)22-18(25)7-4-13-9-14(19)5-6-17(13)20/h5-6,9-10,12,15H,2-4,7-8,11H2,1H3,(H,22,25)/t15-/m0/s1. The number of hydrogen-bond donors (Lipinski definition) is 1. The predicted octanol–water partition coefficient (Wildman–Crippen LogP) is 2.42. The van der Waals surface area contributed by atoms with Crippen molar-refractivity contribution < 1.29 is 13.6 Å². The molecular formula is C18H22F2N4O. The van der Waals surface area contributed by atoms with Gasteiger partial charge >= 0.3 is 0 Å². The maximum atomic E-state index is 13.6. The number of rotatable bonds is 5. The number of benzene rings is 1. The lowest BCUT2D eigenvalue weighted by Gasteiger charge is -2.33. The molecule has 5 nitrogen and oxygen atoms in total. The zero-order chi connectivity index (χ0) is 17.8. The second kappa shape index (κ2) is 7.63. The Hall–Kier alpha value is -2.44. The van der Waals surface area contributed by atoms with E-state index in [2.05, 4.69) is 15.3 Å². The van der Waals surface area contributed by atoms with Gasteiger partial charge in [0.15, 0.2) is 0 Å². The topological polar surface area (TPSA) is 50.2 Å². The lowest BCUT2D eigenvalue weighted by atomic mass is 10.0. The minimum absolute atomic E-state index is 0.0545. The summed E-state index contributed by atoms with van der Waals surface area (Å²) in [6.07, 6.45) is 6.00. The van der Waals surface area contributed by atoms with Gasteiger partial charge in [0.1, 0.15) is 11.6 Å². The summed E-state index contributed by atoms with van der Waals surface area (Å²) >= 11 is 0. The SMILES string of the molecule is Cn1cc(N2CCC[C@H](NC(=O)CCc3cc(F)ccc3F)C2)cn1. The highest BCUT2D eigenvalue weighted by Crippen LogP contribution is 2.19. The van der Waals surface area contributed by atoms with Gasteiger partial charge in [0.2, 0.25) is 5.91 Å². The number of carbonyl (C=O) groups is 1. The number of piperidine rings is 1. The van der Waals surface area contributed by atoms with Gasteiger partial charge in [0.25, 0.3) is 0 Å². The van der Waals surface area contributed by atoms with Crippen molar-refractivity contribution in [2.24, 2.45) is 7.05 Å². The molecule has 2 heterocycles. The summed E-state index contributed by atoms with van der Waals surface area (Å²) in [7, 11) is 1.87. The predicted molar refractivity (Wildman–Crippen MR) is 91.3 cm³/mol. The highest BCUT2D eigenvalue weighted by Gasteiger charge is 2.22. The van der Waals surface area contributed by atoms with Gasteiger partial charge in [0, 0.05) is 38.8 Å². The Labute approximate surface area is 145 Å². The molecule has 2 aromatic rings. The van der Waals surface area contributed by atoms with Crippen LogP contribution in [0.15, 0.2) is 30.6 Å². The molecule has 0 spiro atoms. The molecule has 1 aromatic carbocycles. The summed E-state index contributed by atoms with van der Waals surface area (Å²) in [4.78, 5) is 14.4. The smallest absolute Gasteiger partial charge is 0.220 e. The van der Waals surface area contributed by atoms with E-state index in [-0.39, 0.29) is 30.4 Å². The third kappa shape index (κ3) is 4.55. The summed E-state index contributed by atoms with van der Waals surface area (Å²) in [5.41, 5.74) is 1.28. The molecule has 134 valence electrons. The van der Waals surface area contributed by atoms with Crippen LogP contribution in [0.5, 0.6) is 0 Å². The summed E-state index contributed by atoms with van der Waals surface area (Å²) in [5, 5.41) is 7.18. The molecule has 25 heavy (non-hydrogen) atoms. The number of halogens is 2. The highest BCUT2D eigenvalue weighted by molar-refractivity contribution is 5.76. The van der Waals surface area contributed by atoms with E-state index in [0.717, 1.165) is 49.8 Å². The van der Waals surface area contributed by atoms with E-state index in [1.807, 2.05) is 19.4 Å². The highest BCUT2D eigenvalue weighted by atomic mass is 19.1. The molecule has 0 radical (unpaired) electrons. The van der Waals surface area contributed by atoms with E-state index >= 15 is 0 Å². The Bertz CT molecular complexity index is 746. The fourth-order valence-corrected chi connectivity index (χ4v) is 3.18. The summed E-state index contributed by atoms with van der Waals surface area (Å²) in [6.45, 7) is 1.67. The summed E-state index contributed by atoms with van der Waals surface area (Å²) in [5.74, 6) is -1.10. The second-order valence-electron chi connectivity index (χ2n) is 6.46. The summed E-state index contributed by atoms with van der Waals surface area (Å²) in [6, 6.07) is 3.37. The Balaban J connectivity index is 1.51. The first-order valence-corrected chi connectivity index (χ1v) is 8.48. The normalized spacial score (nSPS) is 17.6. The van der Waals surface area contributed by atoms with Crippen LogP contribution >= 0.6 is 0 Å². The second-order valence-corrected chi connectivity index (χ2v) is 6.46. The van der Waals surface area contributed by atoms with E-state index in [1.165, 1.54) is 0 Å². The van der Waals surface area contributed by atoms with Crippen LogP contribution in [0.2, 0.25) is 0 Å². The maximum Gasteiger partial charge on any atom is 0.220 e. The Morgan fingerprint density at radius 1 is 1.40 bits per heavy atom. The van der Waals surface area contributed by atoms with Crippen molar-refractivity contribution in [1.82, 2.24) is 15.1 Å². The van der Waals surface area contributed by atoms with Crippen LogP contribution in [0.25, 0.3) is 0 Å². The molecule has 0 bridgehead atoms. The zero-order valence-corrected chi connectivity index (χ0v) is 14.2. The fraction of sp³-hybridized carbons (Fsp3) is 0.444. The lowest BCUT2D eigenvalue weighted by Crippen LogP contribution is -2.47. The first-order chi connectivity index (χ1) is 12.0. The van der Waals surface area contributed by atoms with Crippen molar-refractivity contribution in [3.8, 4) is 0 Å². The zero-order valence-electron chi connectivity index (χ0n) is 14.2. The maximum absolute atomic E-state index is 13.6. The van der Waals surface area contributed by atoms with Gasteiger partial charge in [-0.15, -0.1) is 0 Å². The van der Waals surface area contributed by atoms with Crippen LogP contribution in [0.3, 0.4) is 0 Å². The van der Waals surface area contributed by atoms with E-state index in [1.54, 1.807) is 4.68 Å². The van der Waals surface area contributed by atoms with E-state index in [0.29, 0.717) is 0 Å². The lowest BCUT2D eigenvalue weighted by molar-refractivity contribution is -0.121. The minimum atomic E-state index is -0.490. The van der Waals surface area contributed by atoms with Crippen LogP contribution in [-0.2, 0) is 18.3 Å². The molecule has 1 aliphatic heterocycles. The van der Waals surface area contributed by atoms with Crippen molar-refractivity contribution in [2.45, 2.75) is 31.7 Å². The first-order valence-electron chi connectivity index (χ1n) is 8.48. The Kier molecular flexibility index (Phi) is 5.31. The number of nitrogens with zero attached hydrogens (tertiary/aromatic N) is 3. The third-order valence-corrected chi connectivity index (χ3v) is 4.47. The molecule has 1 atom stereocenters. The molecule has 1 N–H and O–H groups in total. The number of aromatic nitrogens is 2. The van der Waals surface area contributed by atoms with Crippen LogP contribution in [0, 0.1) is 11.6 Å². The van der Waals surface area contributed by atoms with E-state index < -0.39 is 11.6 Å². The van der Waals surface area contributed by atoms with Crippen molar-refractivity contribution in [3.63, 3.8) is 0 Å². The average Bonchev–Trinajstić information content (AvgIpc) is 3.02.